The van der Waals surface area contributed by atoms with Crippen LogP contribution in [0.2, 0.25) is 0 Å². The molecule has 1 N–H and O–H groups in total. The number of aryl methyl sites for hydroxylation is 1. The SMILES string of the molecule is Cc1ccc(-c2nc3ccccc3s2)cc1NC(=O)c1cnccc1C#N. The number of nitriles is 1. The van der Waals surface area contributed by atoms with Gasteiger partial charge in [-0.2, -0.15) is 5.26 Å². The molecule has 1 amide bonds. The fourth-order valence-electron chi connectivity index (χ4n) is 2.75. The van der Waals surface area contributed by atoms with Crippen LogP contribution in [0.5, 0.6) is 0 Å². The molecule has 5 nitrogen and oxygen atoms in total. The van der Waals surface area contributed by atoms with E-state index in [-0.39, 0.29) is 11.5 Å². The van der Waals surface area contributed by atoms with Crippen molar-refractivity contribution >= 4 is 33.1 Å². The Bertz CT molecular complexity index is 1170. The Morgan fingerprint density at radius 1 is 1.19 bits per heavy atom. The van der Waals surface area contributed by atoms with Crippen molar-refractivity contribution in [3.8, 4) is 16.6 Å². The minimum atomic E-state index is -0.357. The van der Waals surface area contributed by atoms with E-state index in [4.69, 9.17) is 0 Å². The summed E-state index contributed by atoms with van der Waals surface area (Å²) in [5, 5.41) is 13.0. The van der Waals surface area contributed by atoms with Gasteiger partial charge in [-0.1, -0.05) is 24.3 Å². The first-order valence-corrected chi connectivity index (χ1v) is 9.09. The zero-order chi connectivity index (χ0) is 18.8. The summed E-state index contributed by atoms with van der Waals surface area (Å²) < 4.78 is 1.12. The Kier molecular flexibility index (Phi) is 4.37. The number of carbonyl (C=O) groups is 1. The largest absolute Gasteiger partial charge is 0.322 e. The zero-order valence-electron chi connectivity index (χ0n) is 14.4. The van der Waals surface area contributed by atoms with Crippen LogP contribution >= 0.6 is 11.3 Å². The molecular formula is C21H14N4OS. The third-order valence-corrected chi connectivity index (χ3v) is 5.30. The van der Waals surface area contributed by atoms with Crippen molar-refractivity contribution in [2.75, 3.05) is 5.32 Å². The Morgan fingerprint density at radius 2 is 2.04 bits per heavy atom. The van der Waals surface area contributed by atoms with Crippen LogP contribution < -0.4 is 5.32 Å². The first kappa shape index (κ1) is 16.9. The van der Waals surface area contributed by atoms with Gasteiger partial charge >= 0.3 is 0 Å². The van der Waals surface area contributed by atoms with E-state index < -0.39 is 0 Å². The first-order valence-electron chi connectivity index (χ1n) is 8.28. The van der Waals surface area contributed by atoms with Gasteiger partial charge in [0.1, 0.15) is 11.1 Å². The molecule has 0 aliphatic rings. The number of para-hydroxylation sites is 1. The number of nitrogens with one attached hydrogen (secondary N) is 1. The van der Waals surface area contributed by atoms with Crippen LogP contribution in [0.1, 0.15) is 21.5 Å². The molecule has 0 radical (unpaired) electrons. The van der Waals surface area contributed by atoms with Crippen molar-refractivity contribution in [2.24, 2.45) is 0 Å². The molecule has 6 heteroatoms. The number of nitrogens with zero attached hydrogens (tertiary/aromatic N) is 3. The van der Waals surface area contributed by atoms with Crippen molar-refractivity contribution < 1.29 is 4.79 Å². The predicted octanol–water partition coefficient (Wildman–Crippen LogP) is 4.79. The van der Waals surface area contributed by atoms with Crippen LogP contribution in [-0.4, -0.2) is 15.9 Å². The molecule has 2 aromatic heterocycles. The normalized spacial score (nSPS) is 10.5. The van der Waals surface area contributed by atoms with E-state index in [0.717, 1.165) is 26.4 Å². The second kappa shape index (κ2) is 6.98. The van der Waals surface area contributed by atoms with Crippen molar-refractivity contribution in [2.45, 2.75) is 6.92 Å². The van der Waals surface area contributed by atoms with E-state index in [0.29, 0.717) is 11.3 Å². The molecule has 130 valence electrons. The fraction of sp³-hybridized carbons (Fsp3) is 0.0476. The van der Waals surface area contributed by atoms with Gasteiger partial charge in [0.15, 0.2) is 0 Å². The summed E-state index contributed by atoms with van der Waals surface area (Å²) in [5.41, 5.74) is 4.05. The summed E-state index contributed by atoms with van der Waals surface area (Å²) in [6, 6.07) is 17.4. The average Bonchev–Trinajstić information content (AvgIpc) is 3.13. The van der Waals surface area contributed by atoms with E-state index in [2.05, 4.69) is 15.3 Å². The van der Waals surface area contributed by atoms with E-state index >= 15 is 0 Å². The van der Waals surface area contributed by atoms with E-state index in [1.807, 2.05) is 55.5 Å². The smallest absolute Gasteiger partial charge is 0.258 e. The van der Waals surface area contributed by atoms with Gasteiger partial charge in [0.2, 0.25) is 0 Å². The maximum atomic E-state index is 12.6. The number of fused-ring (bicyclic) bond motifs is 1. The number of anilines is 1. The number of pyridine rings is 1. The van der Waals surface area contributed by atoms with Crippen LogP contribution in [0.25, 0.3) is 20.8 Å². The lowest BCUT2D eigenvalue weighted by atomic mass is 10.1. The minimum absolute atomic E-state index is 0.254. The lowest BCUT2D eigenvalue weighted by molar-refractivity contribution is 0.102. The summed E-state index contributed by atoms with van der Waals surface area (Å²) >= 11 is 1.61. The molecule has 0 bridgehead atoms. The Balaban J connectivity index is 1.68. The third kappa shape index (κ3) is 3.28. The van der Waals surface area contributed by atoms with Crippen molar-refractivity contribution in [3.05, 3.63) is 77.6 Å². The molecule has 0 spiro atoms. The molecule has 2 aromatic carbocycles. The summed E-state index contributed by atoms with van der Waals surface area (Å²) in [4.78, 5) is 21.2. The zero-order valence-corrected chi connectivity index (χ0v) is 15.2. The maximum absolute atomic E-state index is 12.6. The first-order chi connectivity index (χ1) is 13.2. The molecule has 0 aliphatic heterocycles. The van der Waals surface area contributed by atoms with Crippen LogP contribution in [0.4, 0.5) is 5.69 Å². The lowest BCUT2D eigenvalue weighted by Gasteiger charge is -2.10. The predicted molar refractivity (Wildman–Crippen MR) is 107 cm³/mol. The number of rotatable bonds is 3. The highest BCUT2D eigenvalue weighted by Crippen LogP contribution is 2.32. The van der Waals surface area contributed by atoms with Crippen LogP contribution in [0.3, 0.4) is 0 Å². The quantitative estimate of drug-likeness (QED) is 0.562. The second-order valence-electron chi connectivity index (χ2n) is 6.00. The van der Waals surface area contributed by atoms with E-state index in [1.165, 1.54) is 18.5 Å². The molecular weight excluding hydrogens is 356 g/mol. The molecule has 0 aliphatic carbocycles. The highest BCUT2D eigenvalue weighted by atomic mass is 32.1. The Hall–Kier alpha value is -3.56. The highest BCUT2D eigenvalue weighted by Gasteiger charge is 2.14. The second-order valence-corrected chi connectivity index (χ2v) is 7.03. The van der Waals surface area contributed by atoms with Crippen molar-refractivity contribution in [1.82, 2.24) is 9.97 Å². The molecule has 4 rings (SSSR count). The average molecular weight is 370 g/mol. The van der Waals surface area contributed by atoms with Gasteiger partial charge in [-0.15, -0.1) is 11.3 Å². The Morgan fingerprint density at radius 3 is 2.85 bits per heavy atom. The maximum Gasteiger partial charge on any atom is 0.258 e. The summed E-state index contributed by atoms with van der Waals surface area (Å²) in [6.45, 7) is 1.92. The van der Waals surface area contributed by atoms with Crippen molar-refractivity contribution in [1.29, 1.82) is 5.26 Å². The molecule has 2 heterocycles. The van der Waals surface area contributed by atoms with Gasteiger partial charge < -0.3 is 5.32 Å². The molecule has 0 fully saturated rings. The van der Waals surface area contributed by atoms with Gasteiger partial charge in [0.25, 0.3) is 5.91 Å². The van der Waals surface area contributed by atoms with Gasteiger partial charge in [0.05, 0.1) is 21.3 Å². The van der Waals surface area contributed by atoms with Crippen LogP contribution in [0, 0.1) is 18.3 Å². The van der Waals surface area contributed by atoms with Gasteiger partial charge in [0, 0.05) is 23.6 Å². The standard InChI is InChI=1S/C21H14N4OS/c1-13-6-7-14(21-25-17-4-2-3-5-19(17)27-21)10-18(13)24-20(26)16-12-23-9-8-15(16)11-22/h2-10,12H,1H3,(H,24,26). The topological polar surface area (TPSA) is 78.7 Å². The molecule has 0 unspecified atom stereocenters. The lowest BCUT2D eigenvalue weighted by Crippen LogP contribution is -2.14. The number of hydrogen-bond acceptors (Lipinski definition) is 5. The summed E-state index contributed by atoms with van der Waals surface area (Å²) in [5.74, 6) is -0.357. The highest BCUT2D eigenvalue weighted by molar-refractivity contribution is 7.21. The number of amides is 1. The third-order valence-electron chi connectivity index (χ3n) is 4.21. The Labute approximate surface area is 160 Å². The number of benzene rings is 2. The molecule has 0 atom stereocenters. The molecule has 27 heavy (non-hydrogen) atoms. The van der Waals surface area contributed by atoms with E-state index in [1.54, 1.807) is 11.3 Å². The minimum Gasteiger partial charge on any atom is -0.322 e. The van der Waals surface area contributed by atoms with Gasteiger partial charge in [-0.25, -0.2) is 4.98 Å². The van der Waals surface area contributed by atoms with Crippen LogP contribution in [0.15, 0.2) is 60.9 Å². The number of thiazole rings is 1. The van der Waals surface area contributed by atoms with Crippen LogP contribution in [-0.2, 0) is 0 Å². The summed E-state index contributed by atoms with van der Waals surface area (Å²) in [7, 11) is 0. The molecule has 4 aromatic rings. The van der Waals surface area contributed by atoms with Gasteiger partial charge in [-0.3, -0.25) is 9.78 Å². The monoisotopic (exact) mass is 370 g/mol. The van der Waals surface area contributed by atoms with E-state index in [9.17, 15) is 10.1 Å². The number of hydrogen-bond donors (Lipinski definition) is 1. The fourth-order valence-corrected chi connectivity index (χ4v) is 3.71. The molecule has 0 saturated heterocycles. The van der Waals surface area contributed by atoms with Crippen molar-refractivity contribution in [3.63, 3.8) is 0 Å². The number of carbonyl (C=O) groups excluding carboxylic acids is 1. The number of aromatic nitrogens is 2. The van der Waals surface area contributed by atoms with Gasteiger partial charge in [-0.05, 0) is 36.8 Å². The summed E-state index contributed by atoms with van der Waals surface area (Å²) in [6.07, 6.45) is 2.90. The molecule has 0 saturated carbocycles.